The number of piperidine rings is 1. The summed E-state index contributed by atoms with van der Waals surface area (Å²) in [5.74, 6) is 15.0. The molecular formula is C112H209N5. The van der Waals surface area contributed by atoms with Gasteiger partial charge in [-0.3, -0.25) is 14.9 Å². The molecule has 2 saturated heterocycles. The Hall–Kier alpha value is -4.58. The molecule has 0 amide bonds. The van der Waals surface area contributed by atoms with Gasteiger partial charge in [-0.2, -0.15) is 0 Å². The number of benzene rings is 4. The molecule has 5 unspecified atom stereocenters. The molecule has 0 bridgehead atoms. The summed E-state index contributed by atoms with van der Waals surface area (Å²) in [7, 11) is 0. The van der Waals surface area contributed by atoms with Gasteiger partial charge >= 0.3 is 0 Å². The highest BCUT2D eigenvalue weighted by Crippen LogP contribution is 2.38. The fraction of sp³-hybridized carbons (Fsp3) is 0.732. The molecule has 5 aromatic rings. The van der Waals surface area contributed by atoms with E-state index in [2.05, 4.69) is 349 Å². The highest BCUT2D eigenvalue weighted by molar-refractivity contribution is 5.86. The highest BCUT2D eigenvalue weighted by Gasteiger charge is 2.39. The molecule has 10 rings (SSSR count). The zero-order valence-electron chi connectivity index (χ0n) is 87.9. The second kappa shape index (κ2) is 73.0. The Morgan fingerprint density at radius 3 is 1.03 bits per heavy atom. The number of aliphatic imine (C=N–C) groups is 1. The topological polar surface area (TPSA) is 35.0 Å². The number of likely N-dealkylation sites (tertiary alicyclic amines) is 1. The van der Waals surface area contributed by atoms with Gasteiger partial charge in [-0.15, -0.1) is 0 Å². The molecule has 5 heteroatoms. The molecule has 117 heavy (non-hydrogen) atoms. The van der Waals surface area contributed by atoms with E-state index in [4.69, 9.17) is 0 Å². The minimum absolute atomic E-state index is 0.531. The molecule has 5 nitrogen and oxygen atoms in total. The van der Waals surface area contributed by atoms with Crippen molar-refractivity contribution in [3.8, 4) is 0 Å². The molecule has 0 N–H and O–H groups in total. The maximum absolute atomic E-state index is 4.66. The molecule has 5 atom stereocenters. The van der Waals surface area contributed by atoms with E-state index in [0.717, 1.165) is 79.1 Å². The summed E-state index contributed by atoms with van der Waals surface area (Å²) in [5, 5.41) is 0. The molecule has 682 valence electrons. The van der Waals surface area contributed by atoms with E-state index in [-0.39, 0.29) is 0 Å². The lowest BCUT2D eigenvalue weighted by Crippen LogP contribution is -2.41. The van der Waals surface area contributed by atoms with Gasteiger partial charge in [0.25, 0.3) is 0 Å². The van der Waals surface area contributed by atoms with Gasteiger partial charge in [-0.1, -0.05) is 415 Å². The average Bonchev–Trinajstić information content (AvgIpc) is 1.65. The molecule has 5 aliphatic rings. The van der Waals surface area contributed by atoms with Gasteiger partial charge in [0.15, 0.2) is 0 Å². The van der Waals surface area contributed by atoms with E-state index in [1.165, 1.54) is 132 Å². The van der Waals surface area contributed by atoms with E-state index in [1.54, 1.807) is 0 Å². The number of fused-ring (bicyclic) bond motifs is 2. The lowest BCUT2D eigenvalue weighted by Gasteiger charge is -2.37. The van der Waals surface area contributed by atoms with Crippen molar-refractivity contribution >= 4 is 5.84 Å². The van der Waals surface area contributed by atoms with Crippen LogP contribution in [0.25, 0.3) is 0 Å². The van der Waals surface area contributed by atoms with Crippen LogP contribution in [0.2, 0.25) is 0 Å². The van der Waals surface area contributed by atoms with E-state index < -0.39 is 0 Å². The summed E-state index contributed by atoms with van der Waals surface area (Å²) in [5.41, 5.74) is 15.8. The minimum Gasteiger partial charge on any atom is -0.355 e. The predicted octanol–water partition coefficient (Wildman–Crippen LogP) is 36.1. The maximum Gasteiger partial charge on any atom is 0.102 e. The van der Waals surface area contributed by atoms with Gasteiger partial charge < -0.3 is 9.80 Å². The summed E-state index contributed by atoms with van der Waals surface area (Å²) in [6.45, 7) is 112. The first-order valence-corrected chi connectivity index (χ1v) is 49.5. The van der Waals surface area contributed by atoms with Crippen LogP contribution >= 0.6 is 0 Å². The van der Waals surface area contributed by atoms with Crippen molar-refractivity contribution in [2.75, 3.05) is 26.2 Å². The van der Waals surface area contributed by atoms with E-state index in [1.807, 2.05) is 117 Å². The van der Waals surface area contributed by atoms with Crippen molar-refractivity contribution in [3.05, 3.63) is 171 Å². The van der Waals surface area contributed by atoms with Crippen LogP contribution in [0, 0.1) is 53.3 Å². The van der Waals surface area contributed by atoms with Gasteiger partial charge in [0, 0.05) is 56.1 Å². The van der Waals surface area contributed by atoms with Crippen LogP contribution in [0.3, 0.4) is 0 Å². The summed E-state index contributed by atoms with van der Waals surface area (Å²) in [6.07, 6.45) is 12.1. The minimum atomic E-state index is 0.531. The predicted molar refractivity (Wildman–Crippen MR) is 542 cm³/mol. The first kappa shape index (κ1) is 123. The average molecular weight is 1630 g/mol. The monoisotopic (exact) mass is 1620 g/mol. The summed E-state index contributed by atoms with van der Waals surface area (Å²) >= 11 is 0. The lowest BCUT2D eigenvalue weighted by atomic mass is 9.72. The fourth-order valence-electron chi connectivity index (χ4n) is 14.6. The lowest BCUT2D eigenvalue weighted by molar-refractivity contribution is 0.117. The van der Waals surface area contributed by atoms with Crippen molar-refractivity contribution in [3.63, 3.8) is 0 Å². The quantitative estimate of drug-likeness (QED) is 0.0986. The van der Waals surface area contributed by atoms with E-state index in [0.29, 0.717) is 65.2 Å². The third-order valence-electron chi connectivity index (χ3n) is 22.7. The molecular weight excluding hydrogens is 1420 g/mol. The van der Waals surface area contributed by atoms with Crippen LogP contribution in [0.4, 0.5) is 0 Å². The van der Waals surface area contributed by atoms with Gasteiger partial charge in [-0.05, 0) is 228 Å². The Morgan fingerprint density at radius 2 is 0.667 bits per heavy atom. The Kier molecular flexibility index (Phi) is 76.9. The zero-order valence-corrected chi connectivity index (χ0v) is 87.9. The largest absolute Gasteiger partial charge is 0.355 e. The van der Waals surface area contributed by atoms with Gasteiger partial charge in [0.1, 0.15) is 5.84 Å². The molecule has 1 aliphatic carbocycles. The smallest absolute Gasteiger partial charge is 0.102 e. The Bertz CT molecular complexity index is 2820. The Balaban J connectivity index is -0.000000294. The molecule has 4 aromatic carbocycles. The van der Waals surface area contributed by atoms with Crippen molar-refractivity contribution in [1.82, 2.24) is 19.7 Å². The molecule has 3 fully saturated rings. The van der Waals surface area contributed by atoms with Gasteiger partial charge in [0.05, 0.1) is 12.6 Å². The zero-order chi connectivity index (χ0) is 92.1. The second-order valence-corrected chi connectivity index (χ2v) is 36.2. The van der Waals surface area contributed by atoms with Crippen molar-refractivity contribution < 1.29 is 0 Å². The first-order chi connectivity index (χ1) is 55.3. The number of aromatic nitrogens is 1. The van der Waals surface area contributed by atoms with Crippen molar-refractivity contribution in [1.29, 1.82) is 0 Å². The number of pyridine rings is 1. The van der Waals surface area contributed by atoms with Crippen LogP contribution in [0.15, 0.2) is 114 Å². The van der Waals surface area contributed by atoms with Gasteiger partial charge in [-0.25, -0.2) is 0 Å². The molecule has 4 aliphatic heterocycles. The van der Waals surface area contributed by atoms with E-state index >= 15 is 0 Å². The molecule has 1 aromatic heterocycles. The number of nitrogens with zero attached hydrogens (tertiary/aromatic N) is 5. The summed E-state index contributed by atoms with van der Waals surface area (Å²) < 4.78 is 0. The van der Waals surface area contributed by atoms with Crippen LogP contribution in [0.5, 0.6) is 0 Å². The van der Waals surface area contributed by atoms with Crippen LogP contribution in [-0.4, -0.2) is 69.8 Å². The maximum atomic E-state index is 4.66. The molecule has 1 saturated carbocycles. The Labute approximate surface area is 737 Å². The fourth-order valence-corrected chi connectivity index (χ4v) is 14.6. The Morgan fingerprint density at radius 1 is 0.299 bits per heavy atom. The molecule has 0 spiro atoms. The number of rotatable bonds is 16. The molecule has 0 radical (unpaired) electrons. The number of hydrogen-bond donors (Lipinski definition) is 0. The van der Waals surface area contributed by atoms with Crippen LogP contribution < -0.4 is 0 Å². The number of hydrogen-bond acceptors (Lipinski definition) is 5. The third kappa shape index (κ3) is 50.6. The summed E-state index contributed by atoms with van der Waals surface area (Å²) in [6, 6.07) is 40.0. The molecule has 5 heterocycles. The SMILES string of the molecule is CC.CC.CC.CC.CC.CC.CC.CC.CC(C)C1=NCC2CC(C(C)C)CN12.CC(C)C1CCCC(C(C)C)C1.CC(C)C1CCCN(C(C)C)C1.CC(C)c1ccc(C(C)C)cc1.CC(C)c1ccc2c(c1)CN(C(C)C)C2.CC(C)c1cccc(C(C)C)c1.CC(C)c1ccccc1C(C)C.CC(C)c1ccnc(C(C)C)c1. The second-order valence-electron chi connectivity index (χ2n) is 36.2. The first-order valence-electron chi connectivity index (χ1n) is 49.5. The third-order valence-corrected chi connectivity index (χ3v) is 22.7. The van der Waals surface area contributed by atoms with Crippen LogP contribution in [0.1, 0.15) is 492 Å². The van der Waals surface area contributed by atoms with Gasteiger partial charge in [0.2, 0.25) is 0 Å². The standard InChI is InChI=1S/C14H21N.C12H22N2.C12H18.C12H24.2C12H18.C11H17N.C11H23N.8C2H6/c1-10(2)12-5-6-13-8-15(11(3)4)9-14(13)7-12;1-8(2)10-5-11-6-13-12(9(3)4)14(11)7-10;1-9(2)11-5-7-12(8-6-11)10(3)4;2*1-9(2)11-6-5-7-12(8-11)10(3)4;1-9(2)11-7-5-6-8-12(11)10(3)4;1-8(2)10-5-6-12-11(7-10)9(3)4;1-9(2)11-6-5-7-12(8-11)10(3)4;8*1-2/h5-7,10-11H,8-9H2,1-4H3;8-11H,5-7H2,1-4H3;5-10H,1-4H3;9-12H,5-8H2,1-4H3;2*5-10H,1-4H3;5-9H,1-4H3;9-11H,5-8H2,1-4H3;8*1-2H3. The normalized spacial score (nSPS) is 16.9. The highest BCUT2D eigenvalue weighted by atomic mass is 15.3. The summed E-state index contributed by atoms with van der Waals surface area (Å²) in [4.78, 5) is 16.7. The van der Waals surface area contributed by atoms with Crippen LogP contribution in [-0.2, 0) is 13.1 Å². The number of amidine groups is 1. The van der Waals surface area contributed by atoms with Crippen molar-refractivity contribution in [2.24, 2.45) is 58.3 Å². The van der Waals surface area contributed by atoms with Crippen molar-refractivity contribution in [2.45, 2.75) is 462 Å². The van der Waals surface area contributed by atoms with E-state index in [9.17, 15) is 0 Å².